The Hall–Kier alpha value is -2.21. The van der Waals surface area contributed by atoms with Crippen LogP contribution in [0.5, 0.6) is 0 Å². The van der Waals surface area contributed by atoms with Crippen molar-refractivity contribution < 1.29 is 4.79 Å². The Balaban J connectivity index is 1.76. The molecule has 0 fully saturated rings. The number of benzene rings is 1. The van der Waals surface area contributed by atoms with Crippen LogP contribution in [-0.4, -0.2) is 21.1 Å². The maximum absolute atomic E-state index is 12.5. The van der Waals surface area contributed by atoms with Gasteiger partial charge in [0.25, 0.3) is 5.91 Å². The molecule has 22 heavy (non-hydrogen) atoms. The van der Waals surface area contributed by atoms with Crippen molar-refractivity contribution in [2.24, 2.45) is 0 Å². The quantitative estimate of drug-likeness (QED) is 0.711. The van der Waals surface area contributed by atoms with E-state index in [1.54, 1.807) is 5.51 Å². The number of aromatic amines is 1. The predicted octanol–water partition coefficient (Wildman–Crippen LogP) is 3.54. The second-order valence-electron chi connectivity index (χ2n) is 5.57. The molecule has 1 aromatic carbocycles. The predicted molar refractivity (Wildman–Crippen MR) is 87.4 cm³/mol. The third-order valence-corrected chi connectivity index (χ3v) is 4.82. The largest absolute Gasteiger partial charge is 0.358 e. The summed E-state index contributed by atoms with van der Waals surface area (Å²) in [6, 6.07) is 5.92. The maximum atomic E-state index is 12.5. The first-order valence-electron chi connectivity index (χ1n) is 7.53. The minimum atomic E-state index is -0.140. The summed E-state index contributed by atoms with van der Waals surface area (Å²) in [4.78, 5) is 16.0. The van der Waals surface area contributed by atoms with E-state index >= 15 is 0 Å². The molecule has 1 aliphatic rings. The number of fused-ring (bicyclic) bond motifs is 3. The highest BCUT2D eigenvalue weighted by molar-refractivity contribution is 7.13. The normalized spacial score (nSPS) is 14.5. The third kappa shape index (κ3) is 2.29. The van der Waals surface area contributed by atoms with E-state index in [-0.39, 0.29) is 5.91 Å². The summed E-state index contributed by atoms with van der Waals surface area (Å²) in [5.74, 6) is -0.140. The van der Waals surface area contributed by atoms with Crippen LogP contribution in [0.2, 0.25) is 0 Å². The Kier molecular flexibility index (Phi) is 3.38. The number of aryl methyl sites for hydroxylation is 2. The van der Waals surface area contributed by atoms with E-state index in [1.165, 1.54) is 47.2 Å². The molecule has 2 N–H and O–H groups in total. The number of rotatable bonds is 2. The molecule has 6 heteroatoms. The zero-order valence-electron chi connectivity index (χ0n) is 12.1. The summed E-state index contributed by atoms with van der Waals surface area (Å²) in [5.41, 5.74) is 5.89. The van der Waals surface area contributed by atoms with E-state index in [2.05, 4.69) is 26.6 Å². The van der Waals surface area contributed by atoms with Crippen molar-refractivity contribution in [3.63, 3.8) is 0 Å². The molecule has 1 aliphatic carbocycles. The Morgan fingerprint density at radius 3 is 3.00 bits per heavy atom. The summed E-state index contributed by atoms with van der Waals surface area (Å²) < 4.78 is 0. The highest BCUT2D eigenvalue weighted by Gasteiger charge is 2.19. The van der Waals surface area contributed by atoms with Gasteiger partial charge in [-0.3, -0.25) is 10.1 Å². The maximum Gasteiger partial charge on any atom is 0.259 e. The van der Waals surface area contributed by atoms with Crippen LogP contribution in [-0.2, 0) is 12.8 Å². The molecule has 4 rings (SSSR count). The number of hydrogen-bond acceptors (Lipinski definition) is 4. The van der Waals surface area contributed by atoms with E-state index < -0.39 is 0 Å². The van der Waals surface area contributed by atoms with Crippen LogP contribution in [0.15, 0.2) is 23.7 Å². The molecule has 0 aliphatic heterocycles. The van der Waals surface area contributed by atoms with Crippen molar-refractivity contribution in [1.82, 2.24) is 15.2 Å². The number of hydrogen-bond donors (Lipinski definition) is 2. The number of aromatic nitrogens is 3. The number of amides is 1. The molecule has 0 atom stereocenters. The first-order chi connectivity index (χ1) is 10.8. The van der Waals surface area contributed by atoms with Crippen molar-refractivity contribution in [2.45, 2.75) is 32.1 Å². The Morgan fingerprint density at radius 2 is 2.14 bits per heavy atom. The van der Waals surface area contributed by atoms with Crippen molar-refractivity contribution in [2.75, 3.05) is 5.32 Å². The number of carbonyl (C=O) groups excluding carboxylic acids is 1. The lowest BCUT2D eigenvalue weighted by Crippen LogP contribution is -2.12. The fraction of sp³-hybridized carbons (Fsp3) is 0.312. The number of nitrogens with zero attached hydrogens (tertiary/aromatic N) is 2. The highest BCUT2D eigenvalue weighted by Crippen LogP contribution is 2.30. The third-order valence-electron chi connectivity index (χ3n) is 4.21. The van der Waals surface area contributed by atoms with Crippen LogP contribution in [0, 0.1) is 0 Å². The molecule has 0 radical (unpaired) electrons. The standard InChI is InChI=1S/C16H16N4OS/c21-15(19-16-20-17-9-22-16)12-7-4-6-11-10-5-2-1-3-8-13(10)18-14(11)12/h4,6-7,9,18H,1-3,5,8H2,(H,19,20,21). The van der Waals surface area contributed by atoms with E-state index in [0.717, 1.165) is 18.4 Å². The fourth-order valence-corrected chi connectivity index (χ4v) is 3.63. The Bertz CT molecular complexity index is 822. The molecule has 0 bridgehead atoms. The van der Waals surface area contributed by atoms with Gasteiger partial charge in [0.1, 0.15) is 5.51 Å². The second-order valence-corrected chi connectivity index (χ2v) is 6.40. The van der Waals surface area contributed by atoms with Crippen molar-refractivity contribution >= 4 is 33.3 Å². The molecular weight excluding hydrogens is 296 g/mol. The summed E-state index contributed by atoms with van der Waals surface area (Å²) >= 11 is 1.32. The van der Waals surface area contributed by atoms with Gasteiger partial charge in [-0.05, 0) is 37.3 Å². The van der Waals surface area contributed by atoms with Gasteiger partial charge in [0.05, 0.1) is 11.1 Å². The fourth-order valence-electron chi connectivity index (χ4n) is 3.19. The summed E-state index contributed by atoms with van der Waals surface area (Å²) in [5, 5.41) is 12.1. The molecule has 3 aromatic rings. The number of carbonyl (C=O) groups is 1. The number of nitrogens with one attached hydrogen (secondary N) is 2. The van der Waals surface area contributed by atoms with E-state index in [1.807, 2.05) is 12.1 Å². The SMILES string of the molecule is O=C(Nc1nncs1)c1cccc2c3c([nH]c12)CCCCC3. The zero-order chi connectivity index (χ0) is 14.9. The molecule has 2 heterocycles. The van der Waals surface area contributed by atoms with E-state index in [4.69, 9.17) is 0 Å². The first-order valence-corrected chi connectivity index (χ1v) is 8.41. The zero-order valence-corrected chi connectivity index (χ0v) is 12.9. The average Bonchev–Trinajstić information content (AvgIpc) is 3.09. The minimum Gasteiger partial charge on any atom is -0.358 e. The molecule has 5 nitrogen and oxygen atoms in total. The highest BCUT2D eigenvalue weighted by atomic mass is 32.1. The number of H-pyrrole nitrogens is 1. The molecular formula is C16H16N4OS. The van der Waals surface area contributed by atoms with Gasteiger partial charge in [-0.2, -0.15) is 0 Å². The topological polar surface area (TPSA) is 70.7 Å². The Morgan fingerprint density at radius 1 is 1.23 bits per heavy atom. The average molecular weight is 312 g/mol. The lowest BCUT2D eigenvalue weighted by Gasteiger charge is -2.03. The van der Waals surface area contributed by atoms with Crippen LogP contribution in [0.25, 0.3) is 10.9 Å². The molecule has 0 saturated heterocycles. The van der Waals surface area contributed by atoms with Crippen LogP contribution in [0.3, 0.4) is 0 Å². The van der Waals surface area contributed by atoms with Gasteiger partial charge in [0.2, 0.25) is 5.13 Å². The molecule has 0 spiro atoms. The van der Waals surface area contributed by atoms with E-state index in [0.29, 0.717) is 10.7 Å². The van der Waals surface area contributed by atoms with Crippen LogP contribution in [0.4, 0.5) is 5.13 Å². The van der Waals surface area contributed by atoms with Crippen LogP contribution < -0.4 is 5.32 Å². The van der Waals surface area contributed by atoms with Crippen LogP contribution in [0.1, 0.15) is 40.9 Å². The van der Waals surface area contributed by atoms with Gasteiger partial charge in [0, 0.05) is 11.1 Å². The van der Waals surface area contributed by atoms with Crippen molar-refractivity contribution in [3.8, 4) is 0 Å². The Labute approximate surface area is 131 Å². The molecule has 1 amide bonds. The van der Waals surface area contributed by atoms with Gasteiger partial charge < -0.3 is 4.98 Å². The lowest BCUT2D eigenvalue weighted by molar-refractivity contribution is 0.102. The molecule has 0 unspecified atom stereocenters. The lowest BCUT2D eigenvalue weighted by atomic mass is 10.0. The molecule has 0 saturated carbocycles. The van der Waals surface area contributed by atoms with Crippen LogP contribution >= 0.6 is 11.3 Å². The van der Waals surface area contributed by atoms with Gasteiger partial charge in [0.15, 0.2) is 0 Å². The van der Waals surface area contributed by atoms with Gasteiger partial charge in [-0.25, -0.2) is 0 Å². The van der Waals surface area contributed by atoms with E-state index in [9.17, 15) is 4.79 Å². The summed E-state index contributed by atoms with van der Waals surface area (Å²) in [6.07, 6.45) is 5.88. The van der Waals surface area contributed by atoms with Crippen molar-refractivity contribution in [1.29, 1.82) is 0 Å². The van der Waals surface area contributed by atoms with Crippen molar-refractivity contribution in [3.05, 3.63) is 40.5 Å². The van der Waals surface area contributed by atoms with Gasteiger partial charge in [-0.1, -0.05) is 29.9 Å². The molecule has 112 valence electrons. The summed E-state index contributed by atoms with van der Waals surface area (Å²) in [7, 11) is 0. The van der Waals surface area contributed by atoms with Gasteiger partial charge >= 0.3 is 0 Å². The molecule has 2 aromatic heterocycles. The van der Waals surface area contributed by atoms with Gasteiger partial charge in [-0.15, -0.1) is 10.2 Å². The number of para-hydroxylation sites is 1. The minimum absolute atomic E-state index is 0.140. The first kappa shape index (κ1) is 13.5. The number of anilines is 1. The smallest absolute Gasteiger partial charge is 0.259 e. The monoisotopic (exact) mass is 312 g/mol. The second kappa shape index (κ2) is 5.53. The summed E-state index contributed by atoms with van der Waals surface area (Å²) in [6.45, 7) is 0.